The topological polar surface area (TPSA) is 158 Å². The molecule has 0 aliphatic carbocycles. The molecular formula is C46H56O12. The van der Waals surface area contributed by atoms with Crippen LogP contribution in [0.2, 0.25) is 0 Å². The maximum absolute atomic E-state index is 12.0. The van der Waals surface area contributed by atoms with Gasteiger partial charge in [-0.1, -0.05) is 143 Å². The molecular weight excluding hydrogens is 744 g/mol. The summed E-state index contributed by atoms with van der Waals surface area (Å²) in [6.07, 6.45) is 6.08. The minimum absolute atomic E-state index is 0.337. The highest BCUT2D eigenvalue weighted by molar-refractivity contribution is 5.89. The summed E-state index contributed by atoms with van der Waals surface area (Å²) < 4.78 is 30.9. The van der Waals surface area contributed by atoms with Gasteiger partial charge in [0.2, 0.25) is 18.3 Å². The standard InChI is InChI=1S/C18H16O4.C16H28O4.C12H12O4/c19-17-15(11-13-7-3-1-4-8-13)21-18(20)16(22-17)12-14-9-5-2-6-10-14;1-3-5-7-9-11-13-15(17)20-14(16(18)19-13)12-10-8-6-4-2;1-8-11(13)16-10(12(14)15-8)7-9-5-3-2-4-6-9/h1-10,15-16H,11-12H2;13-14H,3-12H2,1-2H3;2-6,8,10H,7H2,1H3. The van der Waals surface area contributed by atoms with Gasteiger partial charge in [0.1, 0.15) is 0 Å². The molecule has 12 heteroatoms. The predicted molar refractivity (Wildman–Crippen MR) is 213 cm³/mol. The Hall–Kier alpha value is -5.52. The van der Waals surface area contributed by atoms with Crippen LogP contribution in [0.25, 0.3) is 0 Å². The normalized spacial score (nSPS) is 22.6. The van der Waals surface area contributed by atoms with Gasteiger partial charge in [-0.05, 0) is 49.3 Å². The Labute approximate surface area is 340 Å². The lowest BCUT2D eigenvalue weighted by atomic mass is 10.0. The molecule has 3 saturated heterocycles. The van der Waals surface area contributed by atoms with Crippen LogP contribution >= 0.6 is 0 Å². The Balaban J connectivity index is 0.000000195. The summed E-state index contributed by atoms with van der Waals surface area (Å²) in [5, 5.41) is 0. The summed E-state index contributed by atoms with van der Waals surface area (Å²) in [6, 6.07) is 28.2. The SMILES string of the molecule is CC1OC(=O)C(Cc2ccccc2)OC1=O.CCCCCCC1OC(=O)C(CCCCCC)OC1=O.O=C1OC(Cc2ccccc2)C(=O)OC1Cc1ccccc1. The second kappa shape index (κ2) is 24.3. The highest BCUT2D eigenvalue weighted by Gasteiger charge is 2.39. The number of unbranched alkanes of at least 4 members (excludes halogenated alkanes) is 6. The van der Waals surface area contributed by atoms with Crippen molar-refractivity contribution in [3.63, 3.8) is 0 Å². The molecule has 0 spiro atoms. The molecule has 0 saturated carbocycles. The van der Waals surface area contributed by atoms with Gasteiger partial charge in [-0.15, -0.1) is 0 Å². The number of hydrogen-bond acceptors (Lipinski definition) is 12. The third kappa shape index (κ3) is 15.1. The first-order valence-electron chi connectivity index (χ1n) is 20.4. The largest absolute Gasteiger partial charge is 0.448 e. The van der Waals surface area contributed by atoms with Crippen molar-refractivity contribution < 1.29 is 57.2 Å². The summed E-state index contributed by atoms with van der Waals surface area (Å²) in [7, 11) is 0. The lowest BCUT2D eigenvalue weighted by molar-refractivity contribution is -0.196. The molecule has 6 unspecified atom stereocenters. The van der Waals surface area contributed by atoms with Crippen LogP contribution in [0, 0.1) is 0 Å². The Kier molecular flexibility index (Phi) is 18.9. The van der Waals surface area contributed by atoms with Crippen LogP contribution in [0.1, 0.15) is 102 Å². The monoisotopic (exact) mass is 800 g/mol. The zero-order chi connectivity index (χ0) is 41.7. The summed E-state index contributed by atoms with van der Waals surface area (Å²) in [5.41, 5.74) is 2.80. The molecule has 3 fully saturated rings. The van der Waals surface area contributed by atoms with Crippen molar-refractivity contribution in [2.24, 2.45) is 0 Å². The van der Waals surface area contributed by atoms with E-state index in [-0.39, 0.29) is 11.9 Å². The number of cyclic esters (lactones) is 6. The first-order chi connectivity index (χ1) is 28.1. The summed E-state index contributed by atoms with van der Waals surface area (Å²) in [6.45, 7) is 5.77. The Morgan fingerprint density at radius 2 is 0.655 bits per heavy atom. The fourth-order valence-corrected chi connectivity index (χ4v) is 6.37. The third-order valence-corrected chi connectivity index (χ3v) is 9.66. The first kappa shape index (κ1) is 45.2. The number of rotatable bonds is 16. The fraction of sp³-hybridized carbons (Fsp3) is 0.478. The predicted octanol–water partition coefficient (Wildman–Crippen LogP) is 7.16. The van der Waals surface area contributed by atoms with Crippen molar-refractivity contribution in [3.8, 4) is 0 Å². The fourth-order valence-electron chi connectivity index (χ4n) is 6.37. The zero-order valence-corrected chi connectivity index (χ0v) is 33.7. The second-order valence-electron chi connectivity index (χ2n) is 14.5. The van der Waals surface area contributed by atoms with Crippen LogP contribution in [-0.4, -0.2) is 72.4 Å². The van der Waals surface area contributed by atoms with E-state index in [1.54, 1.807) is 0 Å². The molecule has 0 N–H and O–H groups in total. The number of esters is 6. The van der Waals surface area contributed by atoms with Gasteiger partial charge in [0.05, 0.1) is 0 Å². The van der Waals surface area contributed by atoms with Gasteiger partial charge in [-0.25, -0.2) is 28.8 Å². The van der Waals surface area contributed by atoms with E-state index in [0.717, 1.165) is 68.1 Å². The average molecular weight is 801 g/mol. The molecule has 6 atom stereocenters. The summed E-state index contributed by atoms with van der Waals surface area (Å²) in [5.74, 6) is -2.64. The lowest BCUT2D eigenvalue weighted by Gasteiger charge is -2.27. The van der Waals surface area contributed by atoms with Gasteiger partial charge in [0.15, 0.2) is 18.3 Å². The van der Waals surface area contributed by atoms with E-state index in [4.69, 9.17) is 28.4 Å². The van der Waals surface area contributed by atoms with Crippen molar-refractivity contribution in [1.82, 2.24) is 0 Å². The zero-order valence-electron chi connectivity index (χ0n) is 33.7. The van der Waals surface area contributed by atoms with E-state index in [2.05, 4.69) is 13.8 Å². The molecule has 58 heavy (non-hydrogen) atoms. The maximum atomic E-state index is 12.0. The van der Waals surface area contributed by atoms with Crippen LogP contribution in [0.5, 0.6) is 0 Å². The molecule has 312 valence electrons. The van der Waals surface area contributed by atoms with Crippen LogP contribution in [0.15, 0.2) is 91.0 Å². The smallest absolute Gasteiger partial charge is 0.348 e. The number of hydrogen-bond donors (Lipinski definition) is 0. The average Bonchev–Trinajstić information content (AvgIpc) is 3.22. The lowest BCUT2D eigenvalue weighted by Crippen LogP contribution is -2.45. The number of benzene rings is 3. The highest BCUT2D eigenvalue weighted by atomic mass is 16.7. The van der Waals surface area contributed by atoms with E-state index in [0.29, 0.717) is 32.1 Å². The van der Waals surface area contributed by atoms with E-state index >= 15 is 0 Å². The number of carbonyl (C=O) groups is 6. The second-order valence-corrected chi connectivity index (χ2v) is 14.5. The molecule has 3 aromatic carbocycles. The van der Waals surface area contributed by atoms with E-state index in [9.17, 15) is 28.8 Å². The van der Waals surface area contributed by atoms with Gasteiger partial charge in [-0.2, -0.15) is 0 Å². The van der Waals surface area contributed by atoms with Crippen molar-refractivity contribution >= 4 is 35.8 Å². The molecule has 0 radical (unpaired) electrons. The number of ether oxygens (including phenoxy) is 6. The van der Waals surface area contributed by atoms with Crippen molar-refractivity contribution in [2.75, 3.05) is 0 Å². The molecule has 12 nitrogen and oxygen atoms in total. The van der Waals surface area contributed by atoms with Crippen LogP contribution in [0.3, 0.4) is 0 Å². The minimum atomic E-state index is -0.859. The van der Waals surface area contributed by atoms with Gasteiger partial charge < -0.3 is 28.4 Å². The van der Waals surface area contributed by atoms with Crippen LogP contribution < -0.4 is 0 Å². The third-order valence-electron chi connectivity index (χ3n) is 9.66. The molecule has 3 aromatic rings. The van der Waals surface area contributed by atoms with Crippen molar-refractivity contribution in [2.45, 2.75) is 141 Å². The van der Waals surface area contributed by atoms with E-state index < -0.39 is 60.5 Å². The molecule has 0 bridgehead atoms. The van der Waals surface area contributed by atoms with Crippen molar-refractivity contribution in [3.05, 3.63) is 108 Å². The van der Waals surface area contributed by atoms with Crippen molar-refractivity contribution in [1.29, 1.82) is 0 Å². The molecule has 0 amide bonds. The van der Waals surface area contributed by atoms with Gasteiger partial charge in [0, 0.05) is 19.3 Å². The maximum Gasteiger partial charge on any atom is 0.348 e. The van der Waals surface area contributed by atoms with Gasteiger partial charge in [-0.3, -0.25) is 0 Å². The summed E-state index contributed by atoms with van der Waals surface area (Å²) in [4.78, 5) is 70.4. The molecule has 3 heterocycles. The number of carbonyl (C=O) groups excluding carboxylic acids is 6. The quantitative estimate of drug-likeness (QED) is 0.0819. The Morgan fingerprint density at radius 3 is 1.00 bits per heavy atom. The van der Waals surface area contributed by atoms with E-state index in [1.165, 1.54) is 6.92 Å². The molecule has 0 aromatic heterocycles. The van der Waals surface area contributed by atoms with Gasteiger partial charge >= 0.3 is 35.8 Å². The highest BCUT2D eigenvalue weighted by Crippen LogP contribution is 2.21. The Bertz CT molecular complexity index is 1660. The van der Waals surface area contributed by atoms with Gasteiger partial charge in [0.25, 0.3) is 0 Å². The van der Waals surface area contributed by atoms with Crippen LogP contribution in [-0.2, 0) is 76.5 Å². The minimum Gasteiger partial charge on any atom is -0.448 e. The van der Waals surface area contributed by atoms with Crippen LogP contribution in [0.4, 0.5) is 0 Å². The summed E-state index contributed by atoms with van der Waals surface area (Å²) >= 11 is 0. The first-order valence-corrected chi connectivity index (χ1v) is 20.4. The molecule has 3 aliphatic heterocycles. The molecule has 3 aliphatic rings. The molecule has 6 rings (SSSR count). The van der Waals surface area contributed by atoms with E-state index in [1.807, 2.05) is 91.0 Å². The Morgan fingerprint density at radius 1 is 0.362 bits per heavy atom.